The van der Waals surface area contributed by atoms with E-state index in [1.54, 1.807) is 19.6 Å². The number of carbonyl (C=O) groups is 1. The number of rotatable bonds is 4. The Balaban J connectivity index is 2.31. The fourth-order valence-electron chi connectivity index (χ4n) is 0.867. The summed E-state index contributed by atoms with van der Waals surface area (Å²) in [5.74, 6) is -0.0105. The summed E-state index contributed by atoms with van der Waals surface area (Å²) in [6, 6.07) is 1.66. The first-order valence-electron chi connectivity index (χ1n) is 4.20. The average molecular weight is 182 g/mol. The van der Waals surface area contributed by atoms with Crippen LogP contribution in [0.25, 0.3) is 0 Å². The molecule has 4 nitrogen and oxygen atoms in total. The van der Waals surface area contributed by atoms with Gasteiger partial charge in [-0.05, 0) is 20.0 Å². The van der Waals surface area contributed by atoms with Crippen molar-refractivity contribution in [3.05, 3.63) is 24.2 Å². The van der Waals surface area contributed by atoms with Gasteiger partial charge in [-0.1, -0.05) is 0 Å². The predicted molar refractivity (Wildman–Crippen MR) is 49.1 cm³/mol. The molecule has 2 N–H and O–H groups in total. The van der Waals surface area contributed by atoms with Gasteiger partial charge in [0.15, 0.2) is 0 Å². The van der Waals surface area contributed by atoms with Crippen molar-refractivity contribution in [2.45, 2.75) is 19.5 Å². The third-order valence-corrected chi connectivity index (χ3v) is 1.87. The third kappa shape index (κ3) is 2.91. The molecule has 0 saturated heterocycles. The molecule has 0 fully saturated rings. The van der Waals surface area contributed by atoms with E-state index in [-0.39, 0.29) is 11.9 Å². The average Bonchev–Trinajstić information content (AvgIpc) is 2.65. The van der Waals surface area contributed by atoms with E-state index in [1.807, 2.05) is 13.0 Å². The summed E-state index contributed by atoms with van der Waals surface area (Å²) in [5.41, 5.74) is 0.969. The normalized spacial score (nSPS) is 12.5. The van der Waals surface area contributed by atoms with Gasteiger partial charge in [-0.15, -0.1) is 0 Å². The zero-order valence-corrected chi connectivity index (χ0v) is 7.83. The Labute approximate surface area is 77.3 Å². The lowest BCUT2D eigenvalue weighted by Crippen LogP contribution is -2.39. The molecular formula is C9H14N2O2. The van der Waals surface area contributed by atoms with Crippen molar-refractivity contribution < 1.29 is 9.21 Å². The molecule has 1 amide bonds. The lowest BCUT2D eigenvalue weighted by molar-refractivity contribution is -0.122. The van der Waals surface area contributed by atoms with Gasteiger partial charge in [-0.25, -0.2) is 0 Å². The van der Waals surface area contributed by atoms with Gasteiger partial charge in [-0.2, -0.15) is 0 Å². The van der Waals surface area contributed by atoms with Crippen LogP contribution in [0.3, 0.4) is 0 Å². The van der Waals surface area contributed by atoms with Gasteiger partial charge in [0.05, 0.1) is 18.6 Å². The monoisotopic (exact) mass is 182 g/mol. The summed E-state index contributed by atoms with van der Waals surface area (Å²) < 4.78 is 4.87. The Kier molecular flexibility index (Phi) is 3.52. The van der Waals surface area contributed by atoms with E-state index < -0.39 is 0 Å². The molecule has 0 radical (unpaired) electrons. The highest BCUT2D eigenvalue weighted by atomic mass is 16.3. The number of hydrogen-bond acceptors (Lipinski definition) is 3. The second kappa shape index (κ2) is 4.67. The van der Waals surface area contributed by atoms with E-state index >= 15 is 0 Å². The van der Waals surface area contributed by atoms with Crippen molar-refractivity contribution in [1.29, 1.82) is 0 Å². The SMILES string of the molecule is CNC(C)C(=O)NCc1ccoc1. The summed E-state index contributed by atoms with van der Waals surface area (Å²) in [5, 5.41) is 5.63. The minimum absolute atomic E-state index is 0.0105. The molecule has 72 valence electrons. The van der Waals surface area contributed by atoms with E-state index in [1.165, 1.54) is 0 Å². The largest absolute Gasteiger partial charge is 0.472 e. The zero-order chi connectivity index (χ0) is 9.68. The maximum absolute atomic E-state index is 11.3. The maximum Gasteiger partial charge on any atom is 0.237 e. The number of amides is 1. The minimum Gasteiger partial charge on any atom is -0.472 e. The molecule has 0 spiro atoms. The zero-order valence-electron chi connectivity index (χ0n) is 7.83. The van der Waals surface area contributed by atoms with E-state index in [9.17, 15) is 4.79 Å². The second-order valence-electron chi connectivity index (χ2n) is 2.86. The topological polar surface area (TPSA) is 54.3 Å². The first kappa shape index (κ1) is 9.80. The number of hydrogen-bond donors (Lipinski definition) is 2. The Bertz CT molecular complexity index is 257. The lowest BCUT2D eigenvalue weighted by atomic mass is 10.3. The standard InChI is InChI=1S/C9H14N2O2/c1-7(10-2)9(12)11-5-8-3-4-13-6-8/h3-4,6-7,10H,5H2,1-2H3,(H,11,12). The molecule has 4 heteroatoms. The highest BCUT2D eigenvalue weighted by Gasteiger charge is 2.08. The highest BCUT2D eigenvalue weighted by Crippen LogP contribution is 1.98. The van der Waals surface area contributed by atoms with E-state index in [0.717, 1.165) is 5.56 Å². The Morgan fingerprint density at radius 1 is 1.69 bits per heavy atom. The van der Waals surface area contributed by atoms with Gasteiger partial charge in [-0.3, -0.25) is 4.79 Å². The molecule has 1 rings (SSSR count). The van der Waals surface area contributed by atoms with Gasteiger partial charge in [0.1, 0.15) is 0 Å². The molecule has 1 unspecified atom stereocenters. The molecule has 1 aromatic heterocycles. The summed E-state index contributed by atoms with van der Waals surface area (Å²) in [6.45, 7) is 2.33. The number of furan rings is 1. The van der Waals surface area contributed by atoms with Gasteiger partial charge in [0.25, 0.3) is 0 Å². The van der Waals surface area contributed by atoms with Crippen LogP contribution in [0.1, 0.15) is 12.5 Å². The molecule has 1 heterocycles. The van der Waals surface area contributed by atoms with Gasteiger partial charge in [0.2, 0.25) is 5.91 Å². The first-order chi connectivity index (χ1) is 6.24. The molecule has 0 saturated carbocycles. The smallest absolute Gasteiger partial charge is 0.237 e. The summed E-state index contributed by atoms with van der Waals surface area (Å²) in [6.07, 6.45) is 3.20. The van der Waals surface area contributed by atoms with Gasteiger partial charge >= 0.3 is 0 Å². The number of likely N-dealkylation sites (N-methyl/N-ethyl adjacent to an activating group) is 1. The van der Waals surface area contributed by atoms with Crippen molar-refractivity contribution in [2.75, 3.05) is 7.05 Å². The lowest BCUT2D eigenvalue weighted by Gasteiger charge is -2.09. The molecule has 1 atom stereocenters. The van der Waals surface area contributed by atoms with Gasteiger partial charge in [0, 0.05) is 12.1 Å². The van der Waals surface area contributed by atoms with Crippen molar-refractivity contribution in [2.24, 2.45) is 0 Å². The second-order valence-corrected chi connectivity index (χ2v) is 2.86. The predicted octanol–water partition coefficient (Wildman–Crippen LogP) is 0.504. The van der Waals surface area contributed by atoms with Crippen LogP contribution < -0.4 is 10.6 Å². The van der Waals surface area contributed by atoms with E-state index in [0.29, 0.717) is 6.54 Å². The van der Waals surface area contributed by atoms with Crippen LogP contribution in [0.2, 0.25) is 0 Å². The van der Waals surface area contributed by atoms with Crippen LogP contribution in [0.15, 0.2) is 23.0 Å². The summed E-state index contributed by atoms with van der Waals surface area (Å²) in [4.78, 5) is 11.3. The van der Waals surface area contributed by atoms with E-state index in [2.05, 4.69) is 10.6 Å². The van der Waals surface area contributed by atoms with Crippen LogP contribution >= 0.6 is 0 Å². The van der Waals surface area contributed by atoms with Crippen LogP contribution in [0.5, 0.6) is 0 Å². The van der Waals surface area contributed by atoms with Crippen molar-refractivity contribution in [3.8, 4) is 0 Å². The molecule has 0 aliphatic rings. The fraction of sp³-hybridized carbons (Fsp3) is 0.444. The van der Waals surface area contributed by atoms with Crippen LogP contribution in [0.4, 0.5) is 0 Å². The van der Waals surface area contributed by atoms with Crippen LogP contribution in [0, 0.1) is 0 Å². The molecule has 0 bridgehead atoms. The quantitative estimate of drug-likeness (QED) is 0.713. The molecule has 0 aliphatic heterocycles. The molecule has 1 aromatic rings. The Morgan fingerprint density at radius 3 is 3.00 bits per heavy atom. The number of nitrogens with one attached hydrogen (secondary N) is 2. The van der Waals surface area contributed by atoms with Crippen molar-refractivity contribution in [1.82, 2.24) is 10.6 Å². The van der Waals surface area contributed by atoms with Gasteiger partial charge < -0.3 is 15.1 Å². The third-order valence-electron chi connectivity index (χ3n) is 1.87. The maximum atomic E-state index is 11.3. The van der Waals surface area contributed by atoms with Crippen LogP contribution in [-0.2, 0) is 11.3 Å². The molecular weight excluding hydrogens is 168 g/mol. The molecule has 13 heavy (non-hydrogen) atoms. The van der Waals surface area contributed by atoms with E-state index in [4.69, 9.17) is 4.42 Å². The van der Waals surface area contributed by atoms with Crippen LogP contribution in [-0.4, -0.2) is 19.0 Å². The Morgan fingerprint density at radius 2 is 2.46 bits per heavy atom. The molecule has 0 aromatic carbocycles. The van der Waals surface area contributed by atoms with Crippen molar-refractivity contribution >= 4 is 5.91 Å². The fourth-order valence-corrected chi connectivity index (χ4v) is 0.867. The Hall–Kier alpha value is -1.29. The molecule has 0 aliphatic carbocycles. The number of carbonyl (C=O) groups excluding carboxylic acids is 1. The summed E-state index contributed by atoms with van der Waals surface area (Å²) in [7, 11) is 1.75. The minimum atomic E-state index is -0.160. The summed E-state index contributed by atoms with van der Waals surface area (Å²) >= 11 is 0. The van der Waals surface area contributed by atoms with Crippen molar-refractivity contribution in [3.63, 3.8) is 0 Å². The first-order valence-corrected chi connectivity index (χ1v) is 4.20. The highest BCUT2D eigenvalue weighted by molar-refractivity contribution is 5.81.